The fraction of sp³-hybridized carbons (Fsp3) is 0.818. The first-order valence-electron chi connectivity index (χ1n) is 5.11. The third kappa shape index (κ3) is 5.91. The van der Waals surface area contributed by atoms with Gasteiger partial charge >= 0.3 is 0 Å². The molecule has 0 aromatic heterocycles. The summed E-state index contributed by atoms with van der Waals surface area (Å²) >= 11 is 9.19. The summed E-state index contributed by atoms with van der Waals surface area (Å²) in [6.45, 7) is 8.77. The van der Waals surface area contributed by atoms with E-state index < -0.39 is 0 Å². The molecule has 0 aliphatic heterocycles. The third-order valence-corrected chi connectivity index (χ3v) is 2.92. The molecule has 0 aliphatic carbocycles. The van der Waals surface area contributed by atoms with E-state index in [1.54, 1.807) is 0 Å². The van der Waals surface area contributed by atoms with Gasteiger partial charge in [-0.1, -0.05) is 34.1 Å². The molecule has 0 aliphatic rings. The molecule has 84 valence electrons. The highest BCUT2D eigenvalue weighted by molar-refractivity contribution is 7.78. The highest BCUT2D eigenvalue weighted by Gasteiger charge is 2.24. The lowest BCUT2D eigenvalue weighted by molar-refractivity contribution is 0.248. The zero-order chi connectivity index (χ0) is 11.9. The molecule has 0 amide bonds. The number of nitrogens with zero attached hydrogens (tertiary/aromatic N) is 2. The van der Waals surface area contributed by atoms with Gasteiger partial charge in [0.15, 0.2) is 6.17 Å². The van der Waals surface area contributed by atoms with Crippen LogP contribution in [0, 0.1) is 11.3 Å². The zero-order valence-electron chi connectivity index (χ0n) is 9.78. The van der Waals surface area contributed by atoms with Crippen LogP contribution in [0.1, 0.15) is 40.5 Å². The smallest absolute Gasteiger partial charge is 0.162 e. The summed E-state index contributed by atoms with van der Waals surface area (Å²) in [6.07, 6.45) is 1.95. The molecule has 0 rings (SSSR count). The second-order valence-electron chi connectivity index (χ2n) is 4.55. The SMILES string of the molecule is CCC(C)(C)CC(C)C(N=C=S)N=C=S. The van der Waals surface area contributed by atoms with Crippen LogP contribution in [-0.4, -0.2) is 16.5 Å². The molecule has 0 fully saturated rings. The zero-order valence-corrected chi connectivity index (χ0v) is 11.4. The summed E-state index contributed by atoms with van der Waals surface area (Å²) in [5, 5.41) is 4.73. The van der Waals surface area contributed by atoms with Crippen molar-refractivity contribution in [2.24, 2.45) is 21.3 Å². The maximum atomic E-state index is 4.59. The van der Waals surface area contributed by atoms with Crippen LogP contribution in [0.25, 0.3) is 0 Å². The number of hydrogen-bond donors (Lipinski definition) is 0. The van der Waals surface area contributed by atoms with Gasteiger partial charge in [-0.2, -0.15) is 0 Å². The first-order valence-corrected chi connectivity index (χ1v) is 5.92. The Morgan fingerprint density at radius 3 is 2.00 bits per heavy atom. The lowest BCUT2D eigenvalue weighted by Crippen LogP contribution is -2.21. The molecule has 0 saturated carbocycles. The third-order valence-electron chi connectivity index (χ3n) is 2.71. The minimum absolute atomic E-state index is 0.217. The van der Waals surface area contributed by atoms with E-state index in [-0.39, 0.29) is 6.17 Å². The van der Waals surface area contributed by atoms with Gasteiger partial charge in [0.25, 0.3) is 0 Å². The van der Waals surface area contributed by atoms with Gasteiger partial charge in [-0.25, -0.2) is 9.98 Å². The molecule has 0 N–H and O–H groups in total. The molecule has 0 radical (unpaired) electrons. The van der Waals surface area contributed by atoms with Crippen molar-refractivity contribution >= 4 is 34.8 Å². The Morgan fingerprint density at radius 2 is 1.67 bits per heavy atom. The minimum Gasteiger partial charge on any atom is -0.204 e. The monoisotopic (exact) mass is 242 g/mol. The molecule has 1 atom stereocenters. The Labute approximate surface area is 103 Å². The van der Waals surface area contributed by atoms with Crippen molar-refractivity contribution in [3.8, 4) is 0 Å². The number of thiocarbonyl (C=S) groups is 2. The van der Waals surface area contributed by atoms with Gasteiger partial charge in [0.05, 0.1) is 10.3 Å². The van der Waals surface area contributed by atoms with Crippen molar-refractivity contribution in [3.63, 3.8) is 0 Å². The second kappa shape index (κ2) is 6.97. The molecule has 0 heterocycles. The predicted octanol–water partition coefficient (Wildman–Crippen LogP) is 3.98. The average molecular weight is 242 g/mol. The molecule has 1 unspecified atom stereocenters. The van der Waals surface area contributed by atoms with Crippen LogP contribution in [0.15, 0.2) is 9.98 Å². The summed E-state index contributed by atoms with van der Waals surface area (Å²) in [4.78, 5) is 8.00. The molecule has 0 aromatic rings. The lowest BCUT2D eigenvalue weighted by Gasteiger charge is -2.27. The first kappa shape index (κ1) is 14.6. The predicted molar refractivity (Wildman–Crippen MR) is 71.7 cm³/mol. The fourth-order valence-corrected chi connectivity index (χ4v) is 1.73. The molecule has 2 nitrogen and oxygen atoms in total. The Kier molecular flexibility index (Phi) is 6.78. The van der Waals surface area contributed by atoms with Gasteiger partial charge < -0.3 is 0 Å². The number of isothiocyanates is 2. The van der Waals surface area contributed by atoms with Crippen LogP contribution in [0.3, 0.4) is 0 Å². The Hall–Kier alpha value is -0.400. The number of hydrogen-bond acceptors (Lipinski definition) is 4. The van der Waals surface area contributed by atoms with Gasteiger partial charge in [-0.05, 0) is 36.3 Å². The number of rotatable bonds is 6. The standard InChI is InChI=1S/C11H18N2S2/c1-5-11(3,4)6-9(2)10(12-7-14)13-8-15/h9-10H,5-6H2,1-4H3. The van der Waals surface area contributed by atoms with Gasteiger partial charge in [-0.15, -0.1) is 0 Å². The summed E-state index contributed by atoms with van der Waals surface area (Å²) in [5.74, 6) is 0.311. The Morgan fingerprint density at radius 1 is 1.20 bits per heavy atom. The maximum absolute atomic E-state index is 4.59. The van der Waals surface area contributed by atoms with Crippen LogP contribution in [0.2, 0.25) is 0 Å². The van der Waals surface area contributed by atoms with Crippen molar-refractivity contribution < 1.29 is 0 Å². The van der Waals surface area contributed by atoms with Gasteiger partial charge in [0, 0.05) is 5.92 Å². The lowest BCUT2D eigenvalue weighted by atomic mass is 9.80. The first-order chi connectivity index (χ1) is 6.96. The van der Waals surface area contributed by atoms with Crippen LogP contribution >= 0.6 is 24.4 Å². The van der Waals surface area contributed by atoms with Crippen LogP contribution in [0.5, 0.6) is 0 Å². The van der Waals surface area contributed by atoms with E-state index in [0.717, 1.165) is 12.8 Å². The molecule has 0 bridgehead atoms. The normalized spacial score (nSPS) is 14.7. The molecule has 0 saturated heterocycles. The van der Waals surface area contributed by atoms with E-state index in [0.29, 0.717) is 11.3 Å². The minimum atomic E-state index is -0.217. The van der Waals surface area contributed by atoms with Crippen LogP contribution in [0.4, 0.5) is 0 Å². The summed E-state index contributed by atoms with van der Waals surface area (Å²) in [6, 6.07) is 0. The quantitative estimate of drug-likeness (QED) is 0.520. The van der Waals surface area contributed by atoms with Crippen molar-refractivity contribution in [2.75, 3.05) is 0 Å². The molecule has 4 heteroatoms. The van der Waals surface area contributed by atoms with E-state index in [4.69, 9.17) is 0 Å². The summed E-state index contributed by atoms with van der Waals surface area (Å²) in [7, 11) is 0. The molecule has 15 heavy (non-hydrogen) atoms. The van der Waals surface area contributed by atoms with Crippen LogP contribution in [-0.2, 0) is 0 Å². The topological polar surface area (TPSA) is 24.7 Å². The molecule has 0 spiro atoms. The van der Waals surface area contributed by atoms with E-state index in [1.165, 1.54) is 0 Å². The van der Waals surface area contributed by atoms with E-state index in [9.17, 15) is 0 Å². The highest BCUT2D eigenvalue weighted by Crippen LogP contribution is 2.31. The average Bonchev–Trinajstić information content (AvgIpc) is 2.17. The fourth-order valence-electron chi connectivity index (χ4n) is 1.51. The number of aliphatic imine (C=N–C) groups is 2. The van der Waals surface area contributed by atoms with E-state index in [2.05, 4.69) is 72.4 Å². The largest absolute Gasteiger partial charge is 0.204 e. The molecular weight excluding hydrogens is 224 g/mol. The summed E-state index contributed by atoms with van der Waals surface area (Å²) < 4.78 is 0. The van der Waals surface area contributed by atoms with E-state index >= 15 is 0 Å². The van der Waals surface area contributed by atoms with Crippen molar-refractivity contribution in [1.82, 2.24) is 0 Å². The molecule has 0 aromatic carbocycles. The van der Waals surface area contributed by atoms with Crippen LogP contribution < -0.4 is 0 Å². The molecular formula is C11H18N2S2. The Balaban J connectivity index is 4.57. The van der Waals surface area contributed by atoms with Crippen molar-refractivity contribution in [3.05, 3.63) is 0 Å². The van der Waals surface area contributed by atoms with Crippen molar-refractivity contribution in [2.45, 2.75) is 46.7 Å². The highest BCUT2D eigenvalue weighted by atomic mass is 32.1. The maximum Gasteiger partial charge on any atom is 0.162 e. The van der Waals surface area contributed by atoms with Crippen molar-refractivity contribution in [1.29, 1.82) is 0 Å². The van der Waals surface area contributed by atoms with E-state index in [1.807, 2.05) is 0 Å². The Bertz CT molecular complexity index is 269. The van der Waals surface area contributed by atoms with Gasteiger partial charge in [0.2, 0.25) is 0 Å². The van der Waals surface area contributed by atoms with Gasteiger partial charge in [0.1, 0.15) is 0 Å². The van der Waals surface area contributed by atoms with Gasteiger partial charge in [-0.3, -0.25) is 0 Å². The second-order valence-corrected chi connectivity index (χ2v) is 4.92. The summed E-state index contributed by atoms with van der Waals surface area (Å²) in [5.41, 5.74) is 0.297.